The number of amides is 2. The molecule has 1 aliphatic rings. The lowest BCUT2D eigenvalue weighted by Gasteiger charge is -2.32. The van der Waals surface area contributed by atoms with Crippen molar-refractivity contribution in [3.8, 4) is 0 Å². The number of hydrogen-bond donors (Lipinski definition) is 2. The average Bonchev–Trinajstić information content (AvgIpc) is 2.83. The quantitative estimate of drug-likeness (QED) is 0.560. The second-order valence-electron chi connectivity index (χ2n) is 8.18. The van der Waals surface area contributed by atoms with Gasteiger partial charge in [-0.25, -0.2) is 13.1 Å². The van der Waals surface area contributed by atoms with Gasteiger partial charge in [0.05, 0.1) is 17.9 Å². The third-order valence-electron chi connectivity index (χ3n) is 5.89. The fraction of sp³-hybridized carbons (Fsp3) is 0.280. The number of rotatable bonds is 7. The molecule has 0 bridgehead atoms. The van der Waals surface area contributed by atoms with E-state index in [9.17, 15) is 18.0 Å². The van der Waals surface area contributed by atoms with Gasteiger partial charge in [-0.05, 0) is 41.3 Å². The minimum atomic E-state index is -3.58. The van der Waals surface area contributed by atoms with Gasteiger partial charge in [-0.1, -0.05) is 60.7 Å². The Morgan fingerprint density at radius 1 is 0.879 bits per heavy atom. The fourth-order valence-corrected chi connectivity index (χ4v) is 5.43. The number of nitrogens with one attached hydrogen (secondary N) is 2. The lowest BCUT2D eigenvalue weighted by molar-refractivity contribution is -0.133. The van der Waals surface area contributed by atoms with Crippen LogP contribution in [0.3, 0.4) is 0 Å². The van der Waals surface area contributed by atoms with E-state index in [0.717, 1.165) is 16.3 Å². The molecule has 172 valence electrons. The molecule has 4 rings (SSSR count). The molecule has 0 spiro atoms. The highest BCUT2D eigenvalue weighted by molar-refractivity contribution is 7.89. The third-order valence-corrected chi connectivity index (χ3v) is 7.43. The van der Waals surface area contributed by atoms with Gasteiger partial charge in [0.25, 0.3) is 0 Å². The van der Waals surface area contributed by atoms with E-state index in [4.69, 9.17) is 0 Å². The molecule has 33 heavy (non-hydrogen) atoms. The Morgan fingerprint density at radius 2 is 1.55 bits per heavy atom. The van der Waals surface area contributed by atoms with Crippen molar-refractivity contribution >= 4 is 32.6 Å². The van der Waals surface area contributed by atoms with Gasteiger partial charge < -0.3 is 10.2 Å². The van der Waals surface area contributed by atoms with Crippen LogP contribution in [0.1, 0.15) is 18.4 Å². The minimum Gasteiger partial charge on any atom is -0.347 e. The van der Waals surface area contributed by atoms with E-state index in [1.165, 1.54) is 0 Å². The molecule has 7 nitrogen and oxygen atoms in total. The van der Waals surface area contributed by atoms with Crippen molar-refractivity contribution < 1.29 is 18.0 Å². The molecule has 2 amide bonds. The molecule has 1 fully saturated rings. The first kappa shape index (κ1) is 22.9. The largest absolute Gasteiger partial charge is 0.347 e. The summed E-state index contributed by atoms with van der Waals surface area (Å²) >= 11 is 0. The van der Waals surface area contributed by atoms with Gasteiger partial charge in [0.1, 0.15) is 0 Å². The van der Waals surface area contributed by atoms with E-state index in [0.29, 0.717) is 25.9 Å². The van der Waals surface area contributed by atoms with Gasteiger partial charge in [0.2, 0.25) is 21.8 Å². The maximum absolute atomic E-state index is 12.6. The number of nitrogens with zero attached hydrogens (tertiary/aromatic N) is 1. The van der Waals surface area contributed by atoms with Gasteiger partial charge >= 0.3 is 0 Å². The maximum Gasteiger partial charge on any atom is 0.241 e. The molecule has 0 unspecified atom stereocenters. The van der Waals surface area contributed by atoms with E-state index in [1.54, 1.807) is 35.2 Å². The smallest absolute Gasteiger partial charge is 0.241 e. The van der Waals surface area contributed by atoms with Crippen molar-refractivity contribution in [2.24, 2.45) is 0 Å². The molecule has 3 aromatic carbocycles. The molecular formula is C25H27N3O4S. The summed E-state index contributed by atoms with van der Waals surface area (Å²) in [7, 11) is -3.58. The Morgan fingerprint density at radius 3 is 2.30 bits per heavy atom. The van der Waals surface area contributed by atoms with Gasteiger partial charge in [-0.15, -0.1) is 0 Å². The van der Waals surface area contributed by atoms with Crippen LogP contribution in [0.5, 0.6) is 0 Å². The van der Waals surface area contributed by atoms with Crippen LogP contribution < -0.4 is 10.0 Å². The Hall–Kier alpha value is -3.23. The Labute approximate surface area is 193 Å². The Kier molecular flexibility index (Phi) is 7.05. The molecule has 1 aliphatic heterocycles. The Bertz CT molecular complexity index is 1230. The van der Waals surface area contributed by atoms with Crippen molar-refractivity contribution in [3.05, 3.63) is 78.4 Å². The number of sulfonamides is 1. The van der Waals surface area contributed by atoms with E-state index in [2.05, 4.69) is 10.0 Å². The summed E-state index contributed by atoms with van der Waals surface area (Å²) in [5.41, 5.74) is 0.921. The summed E-state index contributed by atoms with van der Waals surface area (Å²) in [6, 6.07) is 21.8. The first-order chi connectivity index (χ1) is 15.9. The zero-order valence-electron chi connectivity index (χ0n) is 18.2. The first-order valence-corrected chi connectivity index (χ1v) is 12.5. The molecule has 1 heterocycles. The van der Waals surface area contributed by atoms with Crippen molar-refractivity contribution in [2.45, 2.75) is 30.2 Å². The molecule has 0 atom stereocenters. The average molecular weight is 466 g/mol. The second kappa shape index (κ2) is 10.1. The zero-order chi connectivity index (χ0) is 23.3. The third kappa shape index (κ3) is 5.77. The molecule has 2 N–H and O–H groups in total. The normalized spacial score (nSPS) is 14.8. The number of benzene rings is 3. The molecule has 8 heteroatoms. The predicted molar refractivity (Wildman–Crippen MR) is 127 cm³/mol. The SMILES string of the molecule is O=C(Cc1cccc2ccccc12)NCC(=O)N1CCC(NS(=O)(=O)c2ccccc2)CC1. The van der Waals surface area contributed by atoms with Crippen molar-refractivity contribution in [2.75, 3.05) is 19.6 Å². The van der Waals surface area contributed by atoms with Crippen LogP contribution in [0, 0.1) is 0 Å². The minimum absolute atomic E-state index is 0.0655. The molecule has 0 saturated carbocycles. The van der Waals surface area contributed by atoms with E-state index in [1.807, 2.05) is 42.5 Å². The van der Waals surface area contributed by atoms with Crippen LogP contribution in [0.15, 0.2) is 77.7 Å². The molecule has 0 aromatic heterocycles. The number of piperidine rings is 1. The van der Waals surface area contributed by atoms with Crippen molar-refractivity contribution in [3.63, 3.8) is 0 Å². The first-order valence-electron chi connectivity index (χ1n) is 11.0. The summed E-state index contributed by atoms with van der Waals surface area (Å²) in [6.07, 6.45) is 1.27. The van der Waals surface area contributed by atoms with Crippen molar-refractivity contribution in [1.29, 1.82) is 0 Å². The van der Waals surface area contributed by atoms with Crippen LogP contribution in [0.2, 0.25) is 0 Å². The van der Waals surface area contributed by atoms with Gasteiger partial charge in [0, 0.05) is 19.1 Å². The maximum atomic E-state index is 12.6. The molecular weight excluding hydrogens is 438 g/mol. The van der Waals surface area contributed by atoms with Gasteiger partial charge in [0.15, 0.2) is 0 Å². The summed E-state index contributed by atoms with van der Waals surface area (Å²) in [5, 5.41) is 4.83. The number of hydrogen-bond acceptors (Lipinski definition) is 4. The second-order valence-corrected chi connectivity index (χ2v) is 9.90. The van der Waals surface area contributed by atoms with Crippen molar-refractivity contribution in [1.82, 2.24) is 14.9 Å². The number of fused-ring (bicyclic) bond motifs is 1. The topological polar surface area (TPSA) is 95.6 Å². The van der Waals surface area contributed by atoms with E-state index in [-0.39, 0.29) is 35.7 Å². The number of likely N-dealkylation sites (tertiary alicyclic amines) is 1. The molecule has 3 aromatic rings. The van der Waals surface area contributed by atoms with Crippen LogP contribution in [0.4, 0.5) is 0 Å². The predicted octanol–water partition coefficient (Wildman–Crippen LogP) is 2.47. The highest BCUT2D eigenvalue weighted by Crippen LogP contribution is 2.19. The van der Waals surface area contributed by atoms with E-state index >= 15 is 0 Å². The highest BCUT2D eigenvalue weighted by atomic mass is 32.2. The summed E-state index contributed by atoms with van der Waals surface area (Å²) in [5.74, 6) is -0.365. The zero-order valence-corrected chi connectivity index (χ0v) is 19.1. The number of carbonyl (C=O) groups excluding carboxylic acids is 2. The molecule has 0 radical (unpaired) electrons. The van der Waals surface area contributed by atoms with Gasteiger partial charge in [-0.2, -0.15) is 0 Å². The molecule has 0 aliphatic carbocycles. The lowest BCUT2D eigenvalue weighted by atomic mass is 10.0. The monoisotopic (exact) mass is 465 g/mol. The highest BCUT2D eigenvalue weighted by Gasteiger charge is 2.26. The fourth-order valence-electron chi connectivity index (χ4n) is 4.10. The van der Waals surface area contributed by atoms with Crippen LogP contribution in [0.25, 0.3) is 10.8 Å². The number of carbonyl (C=O) groups is 2. The van der Waals surface area contributed by atoms with Crippen LogP contribution in [-0.2, 0) is 26.0 Å². The summed E-state index contributed by atoms with van der Waals surface area (Å²) in [6.45, 7) is 0.823. The summed E-state index contributed by atoms with van der Waals surface area (Å²) in [4.78, 5) is 26.9. The van der Waals surface area contributed by atoms with E-state index < -0.39 is 10.0 Å². The van der Waals surface area contributed by atoms with Crippen LogP contribution in [-0.4, -0.2) is 50.8 Å². The summed E-state index contributed by atoms with van der Waals surface area (Å²) < 4.78 is 27.7. The lowest BCUT2D eigenvalue weighted by Crippen LogP contribution is -2.49. The van der Waals surface area contributed by atoms with Gasteiger partial charge in [-0.3, -0.25) is 9.59 Å². The van der Waals surface area contributed by atoms with Crippen LogP contribution >= 0.6 is 0 Å². The Balaban J connectivity index is 1.24. The standard InChI is InChI=1S/C25H27N3O4S/c29-24(17-20-9-6-8-19-7-4-5-12-23(19)20)26-18-25(30)28-15-13-21(14-16-28)27-33(31,32)22-10-2-1-3-11-22/h1-12,21,27H,13-18H2,(H,26,29). The molecule has 1 saturated heterocycles.